The first-order valence-electron chi connectivity index (χ1n) is 3.73. The maximum Gasteiger partial charge on any atom is 0.303 e. The van der Waals surface area contributed by atoms with Gasteiger partial charge in [0.05, 0.1) is 6.42 Å². The second-order valence-corrected chi connectivity index (χ2v) is 5.62. The van der Waals surface area contributed by atoms with Gasteiger partial charge in [0.15, 0.2) is 0 Å². The Kier molecular flexibility index (Phi) is 3.25. The fraction of sp³-hybridized carbons (Fsp3) is 0.286. The quantitative estimate of drug-likeness (QED) is 0.789. The summed E-state index contributed by atoms with van der Waals surface area (Å²) in [5.41, 5.74) is 0. The van der Waals surface area contributed by atoms with E-state index in [9.17, 15) is 13.2 Å². The lowest BCUT2D eigenvalue weighted by atomic mass is 10.3. The van der Waals surface area contributed by atoms with Gasteiger partial charge in [-0.3, -0.25) is 4.79 Å². The Hall–Kier alpha value is -0.920. The van der Waals surface area contributed by atoms with Crippen LogP contribution in [0.15, 0.2) is 16.3 Å². The maximum atomic E-state index is 10.9. The first-order valence-corrected chi connectivity index (χ1v) is 6.09. The minimum atomic E-state index is -3.65. The second kappa shape index (κ2) is 4.07. The molecule has 0 atom stereocenters. The zero-order valence-electron chi connectivity index (χ0n) is 7.13. The summed E-state index contributed by atoms with van der Waals surface area (Å²) in [7, 11) is -3.65. The van der Waals surface area contributed by atoms with E-state index in [4.69, 9.17) is 10.2 Å². The van der Waals surface area contributed by atoms with Crippen molar-refractivity contribution < 1.29 is 18.3 Å². The topological polar surface area (TPSA) is 97.5 Å². The minimum absolute atomic E-state index is 0.00935. The molecule has 0 bridgehead atoms. The largest absolute Gasteiger partial charge is 0.481 e. The third kappa shape index (κ3) is 3.09. The molecule has 0 radical (unpaired) electrons. The van der Waals surface area contributed by atoms with E-state index in [2.05, 4.69) is 0 Å². The van der Waals surface area contributed by atoms with Crippen LogP contribution in [0.2, 0.25) is 0 Å². The van der Waals surface area contributed by atoms with Gasteiger partial charge in [-0.2, -0.15) is 0 Å². The molecule has 14 heavy (non-hydrogen) atoms. The van der Waals surface area contributed by atoms with Crippen LogP contribution in [0.3, 0.4) is 0 Å². The molecule has 1 aromatic rings. The lowest BCUT2D eigenvalue weighted by Crippen LogP contribution is -2.09. The van der Waals surface area contributed by atoms with Crippen molar-refractivity contribution in [1.29, 1.82) is 0 Å². The van der Waals surface area contributed by atoms with Gasteiger partial charge in [-0.25, -0.2) is 13.6 Å². The number of sulfonamides is 1. The molecule has 0 aromatic carbocycles. The highest BCUT2D eigenvalue weighted by Gasteiger charge is 2.11. The molecule has 0 saturated heterocycles. The summed E-state index contributed by atoms with van der Waals surface area (Å²) in [6.45, 7) is 0. The van der Waals surface area contributed by atoms with E-state index in [1.54, 1.807) is 6.07 Å². The molecular formula is C7H9NO4S2. The van der Waals surface area contributed by atoms with Crippen molar-refractivity contribution in [2.45, 2.75) is 17.1 Å². The molecule has 0 saturated carbocycles. The van der Waals surface area contributed by atoms with Crippen molar-refractivity contribution in [2.24, 2.45) is 5.14 Å². The Morgan fingerprint density at radius 2 is 2.14 bits per heavy atom. The lowest BCUT2D eigenvalue weighted by molar-refractivity contribution is -0.136. The lowest BCUT2D eigenvalue weighted by Gasteiger charge is -1.91. The Balaban J connectivity index is 2.74. The summed E-state index contributed by atoms with van der Waals surface area (Å²) in [5, 5.41) is 13.3. The first kappa shape index (κ1) is 11.2. The number of nitrogens with two attached hydrogens (primary N) is 1. The second-order valence-electron chi connectivity index (χ2n) is 2.66. The van der Waals surface area contributed by atoms with Crippen LogP contribution in [0.25, 0.3) is 0 Å². The van der Waals surface area contributed by atoms with E-state index in [-0.39, 0.29) is 10.6 Å². The summed E-state index contributed by atoms with van der Waals surface area (Å²) >= 11 is 1.01. The minimum Gasteiger partial charge on any atom is -0.481 e. The third-order valence-corrected chi connectivity index (χ3v) is 4.09. The molecule has 3 N–H and O–H groups in total. The molecule has 7 heteroatoms. The number of aryl methyl sites for hydroxylation is 1. The van der Waals surface area contributed by atoms with Crippen LogP contribution in [-0.4, -0.2) is 19.5 Å². The molecule has 0 fully saturated rings. The van der Waals surface area contributed by atoms with Gasteiger partial charge < -0.3 is 5.11 Å². The summed E-state index contributed by atoms with van der Waals surface area (Å²) < 4.78 is 21.8. The van der Waals surface area contributed by atoms with Crippen LogP contribution >= 0.6 is 11.3 Å². The van der Waals surface area contributed by atoms with Crippen molar-refractivity contribution in [3.63, 3.8) is 0 Å². The number of hydrogen-bond donors (Lipinski definition) is 2. The average molecular weight is 235 g/mol. The van der Waals surface area contributed by atoms with Crippen LogP contribution in [-0.2, 0) is 21.2 Å². The highest BCUT2D eigenvalue weighted by Crippen LogP contribution is 2.21. The van der Waals surface area contributed by atoms with Gasteiger partial charge in [-0.1, -0.05) is 0 Å². The average Bonchev–Trinajstić information content (AvgIpc) is 2.47. The first-order chi connectivity index (χ1) is 6.39. The molecule has 1 rings (SSSR count). The maximum absolute atomic E-state index is 10.9. The van der Waals surface area contributed by atoms with Crippen LogP contribution < -0.4 is 5.14 Å². The number of carboxylic acids is 1. The van der Waals surface area contributed by atoms with E-state index < -0.39 is 16.0 Å². The van der Waals surface area contributed by atoms with Crippen molar-refractivity contribution in [3.8, 4) is 0 Å². The van der Waals surface area contributed by atoms with Gasteiger partial charge in [0, 0.05) is 4.88 Å². The number of carboxylic acid groups (broad SMARTS) is 1. The van der Waals surface area contributed by atoms with Crippen molar-refractivity contribution in [1.82, 2.24) is 0 Å². The molecule has 0 spiro atoms. The Bertz CT molecular complexity index is 434. The number of carbonyl (C=O) groups is 1. The van der Waals surface area contributed by atoms with Gasteiger partial charge >= 0.3 is 5.97 Å². The van der Waals surface area contributed by atoms with Gasteiger partial charge in [-0.05, 0) is 18.6 Å². The van der Waals surface area contributed by atoms with E-state index >= 15 is 0 Å². The zero-order chi connectivity index (χ0) is 10.8. The summed E-state index contributed by atoms with van der Waals surface area (Å²) in [6, 6.07) is 2.96. The van der Waals surface area contributed by atoms with Gasteiger partial charge in [0.2, 0.25) is 10.0 Å². The van der Waals surface area contributed by atoms with Crippen molar-refractivity contribution >= 4 is 27.3 Å². The van der Waals surface area contributed by atoms with E-state index in [0.29, 0.717) is 11.3 Å². The molecule has 0 amide bonds. The fourth-order valence-corrected chi connectivity index (χ4v) is 2.65. The van der Waals surface area contributed by atoms with E-state index in [1.807, 2.05) is 0 Å². The van der Waals surface area contributed by atoms with Crippen molar-refractivity contribution in [2.75, 3.05) is 0 Å². The highest BCUT2D eigenvalue weighted by atomic mass is 32.2. The van der Waals surface area contributed by atoms with Gasteiger partial charge in [0.1, 0.15) is 4.21 Å². The van der Waals surface area contributed by atoms with Crippen LogP contribution in [0, 0.1) is 0 Å². The van der Waals surface area contributed by atoms with Crippen LogP contribution in [0.1, 0.15) is 11.3 Å². The molecular weight excluding hydrogens is 226 g/mol. The molecule has 1 aromatic heterocycles. The SMILES string of the molecule is NS(=O)(=O)c1ccc(CCC(=O)O)s1. The fourth-order valence-electron chi connectivity index (χ4n) is 0.876. The Morgan fingerprint density at radius 3 is 2.57 bits per heavy atom. The summed E-state index contributed by atoms with van der Waals surface area (Å²) in [4.78, 5) is 10.9. The number of aliphatic carboxylic acids is 1. The van der Waals surface area contributed by atoms with E-state index in [0.717, 1.165) is 11.3 Å². The summed E-state index contributed by atoms with van der Waals surface area (Å²) in [5.74, 6) is -0.907. The molecule has 0 unspecified atom stereocenters. The molecule has 0 aliphatic rings. The Morgan fingerprint density at radius 1 is 1.50 bits per heavy atom. The smallest absolute Gasteiger partial charge is 0.303 e. The molecule has 0 aliphatic carbocycles. The van der Waals surface area contributed by atoms with Crippen molar-refractivity contribution in [3.05, 3.63) is 17.0 Å². The van der Waals surface area contributed by atoms with Crippen LogP contribution in [0.4, 0.5) is 0 Å². The third-order valence-electron chi connectivity index (χ3n) is 1.50. The number of rotatable bonds is 4. The van der Waals surface area contributed by atoms with E-state index in [1.165, 1.54) is 6.07 Å². The van der Waals surface area contributed by atoms with Gasteiger partial charge in [0.25, 0.3) is 0 Å². The summed E-state index contributed by atoms with van der Waals surface area (Å²) in [6.07, 6.45) is 0.320. The normalized spacial score (nSPS) is 11.5. The predicted octanol–water partition coefficient (Wildman–Crippen LogP) is 0.413. The number of hydrogen-bond acceptors (Lipinski definition) is 4. The number of primary sulfonamides is 1. The molecule has 78 valence electrons. The highest BCUT2D eigenvalue weighted by molar-refractivity contribution is 7.91. The van der Waals surface area contributed by atoms with Crippen LogP contribution in [0.5, 0.6) is 0 Å². The monoisotopic (exact) mass is 235 g/mol. The zero-order valence-corrected chi connectivity index (χ0v) is 8.77. The predicted molar refractivity (Wildman–Crippen MR) is 51.6 cm³/mol. The number of thiophene rings is 1. The van der Waals surface area contributed by atoms with Gasteiger partial charge in [-0.15, -0.1) is 11.3 Å². The molecule has 5 nitrogen and oxygen atoms in total. The molecule has 1 heterocycles. The Labute approximate surface area is 85.2 Å². The standard InChI is InChI=1S/C7H9NO4S2/c8-14(11,12)7-4-2-5(13-7)1-3-6(9)10/h2,4H,1,3H2,(H,9,10)(H2,8,11,12). The molecule has 0 aliphatic heterocycles.